The highest BCUT2D eigenvalue weighted by Crippen LogP contribution is 2.47. The Morgan fingerprint density at radius 3 is 1.90 bits per heavy atom. The van der Waals surface area contributed by atoms with E-state index in [2.05, 4.69) is 0 Å². The van der Waals surface area contributed by atoms with Gasteiger partial charge in [0.15, 0.2) is 0 Å². The molecule has 3 aromatic carbocycles. The first kappa shape index (κ1) is 14.0. The fourth-order valence-corrected chi connectivity index (χ4v) is 2.84. The molecule has 0 atom stereocenters. The highest BCUT2D eigenvalue weighted by Gasteiger charge is 2.34. The van der Waals surface area contributed by atoms with Crippen molar-refractivity contribution in [1.82, 2.24) is 0 Å². The van der Waals surface area contributed by atoms with E-state index in [4.69, 9.17) is 4.52 Å². The number of carbonyl (C=O) groups excluding carboxylic acids is 1. The number of rotatable bonds is 2. The summed E-state index contributed by atoms with van der Waals surface area (Å²) in [6.45, 7) is 1.11. The van der Waals surface area contributed by atoms with Crippen LogP contribution in [0.25, 0.3) is 21.5 Å². The molecule has 0 spiro atoms. The molecule has 0 aromatic heterocycles. The Morgan fingerprint density at radius 2 is 1.43 bits per heavy atom. The predicted octanol–water partition coefficient (Wildman–Crippen LogP) is 3.53. The quantitative estimate of drug-likeness (QED) is 0.561. The molecule has 0 aliphatic heterocycles. The summed E-state index contributed by atoms with van der Waals surface area (Å²) in [5.74, 6) is -0.719. The molecule has 3 aromatic rings. The predicted molar refractivity (Wildman–Crippen MR) is 84.2 cm³/mol. The van der Waals surface area contributed by atoms with Gasteiger partial charge in [0.1, 0.15) is 6.66 Å². The van der Waals surface area contributed by atoms with Crippen LogP contribution < -0.4 is 0 Å². The van der Waals surface area contributed by atoms with Gasteiger partial charge in [-0.1, -0.05) is 48.5 Å². The van der Waals surface area contributed by atoms with Gasteiger partial charge in [0.25, 0.3) is 0 Å². The molecule has 5 heteroatoms. The van der Waals surface area contributed by atoms with Crippen LogP contribution in [0.3, 0.4) is 0 Å². The fourth-order valence-electron chi connectivity index (χ4n) is 2.44. The number of fused-ring (bicyclic) bond motifs is 2. The van der Waals surface area contributed by atoms with Gasteiger partial charge in [-0.3, -0.25) is 0 Å². The van der Waals surface area contributed by atoms with Crippen molar-refractivity contribution in [3.05, 3.63) is 60.2 Å². The van der Waals surface area contributed by atoms with Gasteiger partial charge >= 0.3 is 13.9 Å². The molecule has 0 aliphatic rings. The van der Waals surface area contributed by atoms with Gasteiger partial charge in [-0.2, -0.15) is 9.79 Å². The third kappa shape index (κ3) is 2.74. The van der Waals surface area contributed by atoms with Gasteiger partial charge in [-0.05, 0) is 27.6 Å². The highest BCUT2D eigenvalue weighted by atomic mass is 31.2. The largest absolute Gasteiger partial charge is 0.454 e. The minimum absolute atomic E-state index is 0.359. The van der Waals surface area contributed by atoms with Crippen molar-refractivity contribution in [2.45, 2.75) is 0 Å². The summed E-state index contributed by atoms with van der Waals surface area (Å²) in [5, 5.41) is 3.27. The molecule has 0 saturated carbocycles. The Kier molecular flexibility index (Phi) is 3.38. The van der Waals surface area contributed by atoms with E-state index >= 15 is 0 Å². The second-order valence-electron chi connectivity index (χ2n) is 4.91. The van der Waals surface area contributed by atoms with Crippen LogP contribution >= 0.6 is 7.94 Å². The molecule has 0 heterocycles. The number of hydrogen-bond donors (Lipinski definition) is 2. The third-order valence-corrected chi connectivity index (χ3v) is 3.74. The summed E-state index contributed by atoms with van der Waals surface area (Å²) in [5.41, 5.74) is 0.359. The van der Waals surface area contributed by atoms with Gasteiger partial charge in [-0.15, -0.1) is 0 Å². The first-order valence-electron chi connectivity index (χ1n) is 6.42. The molecule has 4 nitrogen and oxygen atoms in total. The maximum absolute atomic E-state index is 12.4. The van der Waals surface area contributed by atoms with Crippen LogP contribution in [-0.4, -0.2) is 22.4 Å². The SMILES string of the molecule is C[P+](O)(O)OC(=O)c1c2ccccc2cc2ccccc12. The number of hydrogen-bond acceptors (Lipinski definition) is 4. The molecule has 21 heavy (non-hydrogen) atoms. The van der Waals surface area contributed by atoms with E-state index in [1.165, 1.54) is 0 Å². The summed E-state index contributed by atoms with van der Waals surface area (Å²) in [4.78, 5) is 31.2. The molecule has 0 saturated heterocycles. The van der Waals surface area contributed by atoms with Crippen molar-refractivity contribution >= 4 is 35.5 Å². The molecule has 0 unspecified atom stereocenters. The second kappa shape index (κ2) is 5.08. The molecule has 0 fully saturated rings. The van der Waals surface area contributed by atoms with Crippen LogP contribution in [0.15, 0.2) is 54.6 Å². The van der Waals surface area contributed by atoms with Crippen LogP contribution in [0.2, 0.25) is 0 Å². The van der Waals surface area contributed by atoms with Gasteiger partial charge < -0.3 is 0 Å². The van der Waals surface area contributed by atoms with Gasteiger partial charge in [0.2, 0.25) is 0 Å². The first-order valence-corrected chi connectivity index (χ1v) is 8.48. The molecular formula is C16H14O4P+. The van der Waals surface area contributed by atoms with Crippen molar-refractivity contribution in [3.63, 3.8) is 0 Å². The lowest BCUT2D eigenvalue weighted by Gasteiger charge is -2.11. The van der Waals surface area contributed by atoms with Crippen LogP contribution in [0.5, 0.6) is 0 Å². The summed E-state index contributed by atoms with van der Waals surface area (Å²) in [6, 6.07) is 16.9. The zero-order chi connectivity index (χ0) is 15.0. The van der Waals surface area contributed by atoms with Crippen molar-refractivity contribution in [3.8, 4) is 0 Å². The molecule has 0 radical (unpaired) electrons. The normalized spacial score (nSPS) is 11.8. The summed E-state index contributed by atoms with van der Waals surface area (Å²) < 4.78 is 4.82. The van der Waals surface area contributed by atoms with Gasteiger partial charge in [0, 0.05) is 0 Å². The van der Waals surface area contributed by atoms with Crippen molar-refractivity contribution in [2.24, 2.45) is 0 Å². The van der Waals surface area contributed by atoms with Crippen molar-refractivity contribution in [1.29, 1.82) is 0 Å². The molecule has 0 aliphatic carbocycles. The van der Waals surface area contributed by atoms with Gasteiger partial charge in [-0.25, -0.2) is 9.32 Å². The van der Waals surface area contributed by atoms with Crippen molar-refractivity contribution < 1.29 is 19.1 Å². The maximum atomic E-state index is 12.4. The first-order chi connectivity index (χ1) is 9.96. The number of benzene rings is 3. The van der Waals surface area contributed by atoms with E-state index in [9.17, 15) is 14.6 Å². The molecule has 3 rings (SSSR count). The lowest BCUT2D eigenvalue weighted by molar-refractivity contribution is 0.0704. The molecule has 2 N–H and O–H groups in total. The van der Waals surface area contributed by atoms with E-state index in [1.807, 2.05) is 54.6 Å². The summed E-state index contributed by atoms with van der Waals surface area (Å²) >= 11 is 0. The Hall–Kier alpha value is -2.00. The van der Waals surface area contributed by atoms with Crippen LogP contribution in [0.4, 0.5) is 0 Å². The smallest absolute Gasteiger partial charge is 0.245 e. The second-order valence-corrected chi connectivity index (χ2v) is 6.76. The van der Waals surface area contributed by atoms with E-state index in [0.29, 0.717) is 5.56 Å². The van der Waals surface area contributed by atoms with Crippen molar-refractivity contribution in [2.75, 3.05) is 6.66 Å². The topological polar surface area (TPSA) is 66.8 Å². The van der Waals surface area contributed by atoms with Gasteiger partial charge in [0.05, 0.1) is 5.56 Å². The lowest BCUT2D eigenvalue weighted by atomic mass is 9.97. The van der Waals surface area contributed by atoms with E-state index in [-0.39, 0.29) is 0 Å². The number of carbonyl (C=O) groups is 1. The van der Waals surface area contributed by atoms with E-state index in [1.54, 1.807) is 0 Å². The molecule has 0 amide bonds. The Morgan fingerprint density at radius 1 is 0.952 bits per heavy atom. The maximum Gasteiger partial charge on any atom is 0.454 e. The third-order valence-electron chi connectivity index (χ3n) is 3.23. The van der Waals surface area contributed by atoms with E-state index < -0.39 is 13.9 Å². The standard InChI is InChI=1S/C16H14O4P/c1-21(18,19)20-16(17)15-13-8-4-2-6-11(13)10-12-7-3-5-9-14(12)15/h2-10,18-19H,1H3/q+1. The Labute approximate surface area is 122 Å². The highest BCUT2D eigenvalue weighted by molar-refractivity contribution is 7.59. The van der Waals surface area contributed by atoms with Crippen LogP contribution in [-0.2, 0) is 4.52 Å². The molecule has 106 valence electrons. The monoisotopic (exact) mass is 301 g/mol. The van der Waals surface area contributed by atoms with E-state index in [0.717, 1.165) is 28.2 Å². The summed E-state index contributed by atoms with van der Waals surface area (Å²) in [7, 11) is -3.64. The minimum atomic E-state index is -3.64. The lowest BCUT2D eigenvalue weighted by Crippen LogP contribution is -2.07. The minimum Gasteiger partial charge on any atom is -0.245 e. The zero-order valence-corrected chi connectivity index (χ0v) is 12.2. The van der Waals surface area contributed by atoms with Crippen LogP contribution in [0, 0.1) is 0 Å². The average Bonchev–Trinajstić information content (AvgIpc) is 2.42. The Balaban J connectivity index is 2.32. The Bertz CT molecular complexity index is 782. The summed E-state index contributed by atoms with van der Waals surface area (Å²) in [6.07, 6.45) is 0. The molecular weight excluding hydrogens is 287 g/mol. The van der Waals surface area contributed by atoms with Crippen LogP contribution in [0.1, 0.15) is 10.4 Å². The average molecular weight is 301 g/mol. The zero-order valence-electron chi connectivity index (χ0n) is 11.4. The fraction of sp³-hybridized carbons (Fsp3) is 0.0625. The molecule has 0 bridgehead atoms.